The van der Waals surface area contributed by atoms with E-state index in [1.807, 2.05) is 17.7 Å². The molecule has 1 aromatic carbocycles. The lowest BCUT2D eigenvalue weighted by Crippen LogP contribution is -2.30. The van der Waals surface area contributed by atoms with Crippen LogP contribution in [0.4, 0.5) is 17.3 Å². The summed E-state index contributed by atoms with van der Waals surface area (Å²) >= 11 is 0. The van der Waals surface area contributed by atoms with Gasteiger partial charge in [0.25, 0.3) is 10.0 Å². The standard InChI is InChI=1S/C17H22N8O2S/c1-13-3-5-14(6-4-13)28(26,27)24-23-17-15(18)16(21-11-22-17)20-7-2-9-25-10-8-19-12-25/h3-6,8,10-12,24H,2,7,9,18H2,1H3,(H2,20,21,22,23). The first-order chi connectivity index (χ1) is 13.5. The maximum atomic E-state index is 12.4. The van der Waals surface area contributed by atoms with Crippen LogP contribution in [0.2, 0.25) is 0 Å². The normalized spacial score (nSPS) is 11.3. The number of nitrogens with one attached hydrogen (secondary N) is 3. The molecule has 0 saturated carbocycles. The SMILES string of the molecule is Cc1ccc(S(=O)(=O)NNc2ncnc(NCCCn3ccnc3)c2N)cc1. The van der Waals surface area contributed by atoms with E-state index < -0.39 is 10.0 Å². The van der Waals surface area contributed by atoms with Crippen LogP contribution in [0.25, 0.3) is 0 Å². The lowest BCUT2D eigenvalue weighted by Gasteiger charge is -2.13. The van der Waals surface area contributed by atoms with E-state index in [9.17, 15) is 8.42 Å². The fourth-order valence-electron chi connectivity index (χ4n) is 2.42. The van der Waals surface area contributed by atoms with Crippen LogP contribution in [0.3, 0.4) is 0 Å². The second-order valence-corrected chi connectivity index (χ2v) is 7.79. The molecule has 0 aliphatic carbocycles. The summed E-state index contributed by atoms with van der Waals surface area (Å²) in [4.78, 5) is 14.5. The molecule has 3 aromatic rings. The molecule has 2 aromatic heterocycles. The molecule has 0 radical (unpaired) electrons. The highest BCUT2D eigenvalue weighted by Gasteiger charge is 2.15. The van der Waals surface area contributed by atoms with Crippen LogP contribution in [0.5, 0.6) is 0 Å². The van der Waals surface area contributed by atoms with Crippen LogP contribution >= 0.6 is 0 Å². The van der Waals surface area contributed by atoms with E-state index in [2.05, 4.69) is 30.5 Å². The lowest BCUT2D eigenvalue weighted by atomic mass is 10.2. The van der Waals surface area contributed by atoms with E-state index in [0.29, 0.717) is 12.4 Å². The molecule has 0 saturated heterocycles. The van der Waals surface area contributed by atoms with Gasteiger partial charge in [0.05, 0.1) is 11.2 Å². The number of aromatic nitrogens is 4. The van der Waals surface area contributed by atoms with Crippen molar-refractivity contribution in [2.45, 2.75) is 24.8 Å². The Morgan fingerprint density at radius 1 is 1.14 bits per heavy atom. The van der Waals surface area contributed by atoms with E-state index >= 15 is 0 Å². The van der Waals surface area contributed by atoms with Gasteiger partial charge in [-0.1, -0.05) is 17.7 Å². The number of anilines is 3. The van der Waals surface area contributed by atoms with E-state index in [-0.39, 0.29) is 16.4 Å². The molecular formula is C17H22N8O2S. The van der Waals surface area contributed by atoms with Crippen LogP contribution in [-0.4, -0.2) is 34.5 Å². The van der Waals surface area contributed by atoms with Crippen molar-refractivity contribution in [1.82, 2.24) is 24.4 Å². The van der Waals surface area contributed by atoms with Gasteiger partial charge in [0, 0.05) is 25.5 Å². The van der Waals surface area contributed by atoms with Crippen LogP contribution in [-0.2, 0) is 16.6 Å². The van der Waals surface area contributed by atoms with Gasteiger partial charge in [-0.15, -0.1) is 4.83 Å². The van der Waals surface area contributed by atoms with Crippen molar-refractivity contribution in [2.24, 2.45) is 0 Å². The number of nitrogens with two attached hydrogens (primary N) is 1. The summed E-state index contributed by atoms with van der Waals surface area (Å²) in [5.74, 6) is 0.598. The molecule has 0 aliphatic heterocycles. The first kappa shape index (κ1) is 19.6. The van der Waals surface area contributed by atoms with Gasteiger partial charge in [0.15, 0.2) is 11.6 Å². The zero-order valence-electron chi connectivity index (χ0n) is 15.3. The molecule has 0 fully saturated rings. The highest BCUT2D eigenvalue weighted by molar-refractivity contribution is 7.89. The first-order valence-corrected chi connectivity index (χ1v) is 10.1. The van der Waals surface area contributed by atoms with Crippen LogP contribution in [0.15, 0.2) is 54.2 Å². The molecule has 2 heterocycles. The average molecular weight is 402 g/mol. The van der Waals surface area contributed by atoms with E-state index in [1.54, 1.807) is 24.7 Å². The minimum absolute atomic E-state index is 0.135. The Balaban J connectivity index is 1.58. The average Bonchev–Trinajstić information content (AvgIpc) is 3.19. The number of imidazole rings is 1. The number of benzene rings is 1. The molecule has 0 atom stereocenters. The summed E-state index contributed by atoms with van der Waals surface area (Å²) in [5, 5.41) is 3.12. The highest BCUT2D eigenvalue weighted by atomic mass is 32.2. The molecule has 5 N–H and O–H groups in total. The van der Waals surface area contributed by atoms with Crippen LogP contribution in [0, 0.1) is 6.92 Å². The Morgan fingerprint density at radius 2 is 1.89 bits per heavy atom. The first-order valence-electron chi connectivity index (χ1n) is 8.60. The molecule has 0 spiro atoms. The molecule has 10 nitrogen and oxygen atoms in total. The summed E-state index contributed by atoms with van der Waals surface area (Å²) < 4.78 is 26.7. The number of aryl methyl sites for hydroxylation is 2. The highest BCUT2D eigenvalue weighted by Crippen LogP contribution is 2.22. The van der Waals surface area contributed by atoms with Crippen molar-refractivity contribution in [3.8, 4) is 0 Å². The van der Waals surface area contributed by atoms with Gasteiger partial charge >= 0.3 is 0 Å². The summed E-state index contributed by atoms with van der Waals surface area (Å²) in [7, 11) is -3.76. The summed E-state index contributed by atoms with van der Waals surface area (Å²) in [5.41, 5.74) is 9.79. The fourth-order valence-corrected chi connectivity index (χ4v) is 3.26. The topological polar surface area (TPSA) is 140 Å². The van der Waals surface area contributed by atoms with Crippen molar-refractivity contribution >= 4 is 27.3 Å². The fraction of sp³-hybridized carbons (Fsp3) is 0.235. The molecule has 0 unspecified atom stereocenters. The number of hydrogen-bond acceptors (Lipinski definition) is 8. The number of nitrogen functional groups attached to an aromatic ring is 1. The Hall–Kier alpha value is -3.18. The van der Waals surface area contributed by atoms with Gasteiger partial charge in [-0.25, -0.2) is 23.4 Å². The monoisotopic (exact) mass is 402 g/mol. The predicted octanol–water partition coefficient (Wildman–Crippen LogP) is 1.37. The number of nitrogens with zero attached hydrogens (tertiary/aromatic N) is 4. The Morgan fingerprint density at radius 3 is 2.61 bits per heavy atom. The minimum atomic E-state index is -3.76. The third-order valence-corrected chi connectivity index (χ3v) is 5.23. The van der Waals surface area contributed by atoms with Gasteiger partial charge in [-0.3, -0.25) is 5.43 Å². The van der Waals surface area contributed by atoms with E-state index in [0.717, 1.165) is 18.5 Å². The van der Waals surface area contributed by atoms with Crippen molar-refractivity contribution in [1.29, 1.82) is 0 Å². The number of rotatable bonds is 9. The molecule has 3 rings (SSSR count). The molecule has 148 valence electrons. The zero-order chi connectivity index (χ0) is 20.0. The van der Waals surface area contributed by atoms with Crippen LogP contribution < -0.4 is 21.3 Å². The third-order valence-electron chi connectivity index (χ3n) is 3.96. The lowest BCUT2D eigenvalue weighted by molar-refractivity contribution is 0.587. The van der Waals surface area contributed by atoms with Gasteiger partial charge in [-0.05, 0) is 25.5 Å². The molecule has 0 amide bonds. The van der Waals surface area contributed by atoms with Crippen molar-refractivity contribution in [3.63, 3.8) is 0 Å². The second kappa shape index (κ2) is 8.67. The third kappa shape index (κ3) is 4.96. The Labute approximate surface area is 163 Å². The Bertz CT molecular complexity index is 1000. The maximum absolute atomic E-state index is 12.4. The summed E-state index contributed by atoms with van der Waals surface area (Å²) in [6.45, 7) is 3.32. The van der Waals surface area contributed by atoms with Crippen molar-refractivity contribution < 1.29 is 8.42 Å². The quantitative estimate of drug-likeness (QED) is 0.311. The zero-order valence-corrected chi connectivity index (χ0v) is 16.1. The van der Waals surface area contributed by atoms with Gasteiger partial charge in [-0.2, -0.15) is 0 Å². The summed E-state index contributed by atoms with van der Waals surface area (Å²) in [6.07, 6.45) is 7.51. The van der Waals surface area contributed by atoms with Gasteiger partial charge in [0.2, 0.25) is 0 Å². The molecule has 0 bridgehead atoms. The predicted molar refractivity (Wildman–Crippen MR) is 107 cm³/mol. The van der Waals surface area contributed by atoms with E-state index in [1.165, 1.54) is 18.5 Å². The van der Waals surface area contributed by atoms with Gasteiger partial charge in [0.1, 0.15) is 12.0 Å². The Kier molecular flexibility index (Phi) is 6.06. The van der Waals surface area contributed by atoms with Gasteiger partial charge < -0.3 is 15.6 Å². The van der Waals surface area contributed by atoms with E-state index in [4.69, 9.17) is 5.73 Å². The number of sulfonamides is 1. The smallest absolute Gasteiger partial charge is 0.257 e. The molecule has 11 heteroatoms. The van der Waals surface area contributed by atoms with Crippen molar-refractivity contribution in [3.05, 3.63) is 54.9 Å². The minimum Gasteiger partial charge on any atom is -0.393 e. The number of hydrazine groups is 1. The van der Waals surface area contributed by atoms with Crippen molar-refractivity contribution in [2.75, 3.05) is 23.0 Å². The second-order valence-electron chi connectivity index (χ2n) is 6.11. The summed E-state index contributed by atoms with van der Waals surface area (Å²) in [6, 6.07) is 6.49. The van der Waals surface area contributed by atoms with Crippen LogP contribution in [0.1, 0.15) is 12.0 Å². The molecule has 28 heavy (non-hydrogen) atoms. The maximum Gasteiger partial charge on any atom is 0.257 e. The number of hydrogen-bond donors (Lipinski definition) is 4. The molecule has 0 aliphatic rings. The largest absolute Gasteiger partial charge is 0.393 e. The molecular weight excluding hydrogens is 380 g/mol.